The summed E-state index contributed by atoms with van der Waals surface area (Å²) in [5.74, 6) is 0.671. The van der Waals surface area contributed by atoms with E-state index in [9.17, 15) is 0 Å². The number of benzene rings is 1. The molecule has 2 aromatic rings. The summed E-state index contributed by atoms with van der Waals surface area (Å²) in [5, 5.41) is 12.1. The van der Waals surface area contributed by atoms with Crippen LogP contribution in [0.15, 0.2) is 18.2 Å². The zero-order valence-corrected chi connectivity index (χ0v) is 9.81. The molecule has 0 radical (unpaired) electrons. The van der Waals surface area contributed by atoms with Crippen LogP contribution in [0.4, 0.5) is 5.69 Å². The van der Waals surface area contributed by atoms with Gasteiger partial charge in [-0.3, -0.25) is 0 Å². The molecule has 0 unspecified atom stereocenters. The molecule has 0 aliphatic rings. The minimum atomic E-state index is 0.185. The Morgan fingerprint density at radius 2 is 2.06 bits per heavy atom. The van der Waals surface area contributed by atoms with Crippen LogP contribution in [0.1, 0.15) is 19.9 Å². The van der Waals surface area contributed by atoms with Crippen LogP contribution in [0.5, 0.6) is 0 Å². The van der Waals surface area contributed by atoms with E-state index in [1.165, 1.54) is 0 Å². The number of nitrogens with zero attached hydrogens (tertiary/aromatic N) is 4. The first-order valence-corrected chi connectivity index (χ1v) is 5.30. The largest absolute Gasteiger partial charge is 0.399 e. The maximum Gasteiger partial charge on any atom is 0.182 e. The van der Waals surface area contributed by atoms with Crippen LogP contribution in [0, 0.1) is 0 Å². The SMILES string of the molecule is CC(C)n1nnnc1-c1cc(N)cc(Cl)c1. The van der Waals surface area contributed by atoms with Gasteiger partial charge in [0.05, 0.1) is 6.04 Å². The van der Waals surface area contributed by atoms with Gasteiger partial charge in [-0.1, -0.05) is 11.6 Å². The highest BCUT2D eigenvalue weighted by atomic mass is 35.5. The molecule has 0 amide bonds. The van der Waals surface area contributed by atoms with Gasteiger partial charge in [0.2, 0.25) is 0 Å². The third-order valence-corrected chi connectivity index (χ3v) is 2.38. The molecule has 0 spiro atoms. The molecule has 0 saturated heterocycles. The van der Waals surface area contributed by atoms with Crippen molar-refractivity contribution in [3.8, 4) is 11.4 Å². The normalized spacial score (nSPS) is 11.0. The van der Waals surface area contributed by atoms with Gasteiger partial charge in [-0.2, -0.15) is 0 Å². The Hall–Kier alpha value is -1.62. The maximum absolute atomic E-state index is 5.94. The van der Waals surface area contributed by atoms with E-state index < -0.39 is 0 Å². The summed E-state index contributed by atoms with van der Waals surface area (Å²) in [4.78, 5) is 0. The maximum atomic E-state index is 5.94. The second kappa shape index (κ2) is 4.09. The molecule has 2 rings (SSSR count). The van der Waals surface area contributed by atoms with E-state index in [0.29, 0.717) is 16.5 Å². The summed E-state index contributed by atoms with van der Waals surface area (Å²) in [6, 6.07) is 5.47. The molecule has 1 aromatic heterocycles. The first kappa shape index (κ1) is 10.9. The molecule has 2 N–H and O–H groups in total. The molecule has 5 nitrogen and oxygen atoms in total. The third kappa shape index (κ3) is 1.99. The molecule has 0 aliphatic heterocycles. The first-order chi connectivity index (χ1) is 7.58. The van der Waals surface area contributed by atoms with E-state index in [1.807, 2.05) is 13.8 Å². The predicted octanol–water partition coefficient (Wildman–Crippen LogP) is 2.16. The van der Waals surface area contributed by atoms with Crippen molar-refractivity contribution in [2.75, 3.05) is 5.73 Å². The highest BCUT2D eigenvalue weighted by Crippen LogP contribution is 2.25. The lowest BCUT2D eigenvalue weighted by Crippen LogP contribution is -2.05. The number of aromatic nitrogens is 4. The topological polar surface area (TPSA) is 69.6 Å². The second-order valence-corrected chi connectivity index (χ2v) is 4.25. The van der Waals surface area contributed by atoms with E-state index in [0.717, 1.165) is 5.56 Å². The van der Waals surface area contributed by atoms with Crippen molar-refractivity contribution in [3.63, 3.8) is 0 Å². The minimum Gasteiger partial charge on any atom is -0.399 e. The Morgan fingerprint density at radius 3 is 2.69 bits per heavy atom. The molecule has 0 saturated carbocycles. The molecule has 1 heterocycles. The fourth-order valence-corrected chi connectivity index (χ4v) is 1.72. The zero-order valence-electron chi connectivity index (χ0n) is 9.05. The van der Waals surface area contributed by atoms with E-state index in [4.69, 9.17) is 17.3 Å². The molecule has 6 heteroatoms. The lowest BCUT2D eigenvalue weighted by molar-refractivity contribution is 0.519. The van der Waals surface area contributed by atoms with Crippen LogP contribution < -0.4 is 5.73 Å². The molecule has 0 bridgehead atoms. The highest BCUT2D eigenvalue weighted by Gasteiger charge is 2.12. The van der Waals surface area contributed by atoms with Gasteiger partial charge in [0.15, 0.2) is 5.82 Å². The molecule has 0 atom stereocenters. The van der Waals surface area contributed by atoms with Crippen LogP contribution in [-0.4, -0.2) is 20.2 Å². The standard InChI is InChI=1S/C10H12ClN5/c1-6(2)16-10(13-14-15-16)7-3-8(11)5-9(12)4-7/h3-6H,12H2,1-2H3. The van der Waals surface area contributed by atoms with Crippen molar-refractivity contribution in [1.29, 1.82) is 0 Å². The van der Waals surface area contributed by atoms with Gasteiger partial charge in [-0.05, 0) is 42.5 Å². The summed E-state index contributed by atoms with van der Waals surface area (Å²) in [6.07, 6.45) is 0. The summed E-state index contributed by atoms with van der Waals surface area (Å²) in [5.41, 5.74) is 7.15. The summed E-state index contributed by atoms with van der Waals surface area (Å²) in [6.45, 7) is 4.02. The Labute approximate surface area is 98.2 Å². The average molecular weight is 238 g/mol. The molecule has 84 valence electrons. The highest BCUT2D eigenvalue weighted by molar-refractivity contribution is 6.31. The van der Waals surface area contributed by atoms with Gasteiger partial charge >= 0.3 is 0 Å². The number of rotatable bonds is 2. The quantitative estimate of drug-likeness (QED) is 0.813. The van der Waals surface area contributed by atoms with E-state index in [1.54, 1.807) is 22.9 Å². The van der Waals surface area contributed by atoms with Crippen LogP contribution in [-0.2, 0) is 0 Å². The van der Waals surface area contributed by atoms with Crippen molar-refractivity contribution in [2.45, 2.75) is 19.9 Å². The molecule has 0 aliphatic carbocycles. The van der Waals surface area contributed by atoms with Crippen LogP contribution >= 0.6 is 11.6 Å². The van der Waals surface area contributed by atoms with Crippen molar-refractivity contribution >= 4 is 17.3 Å². The van der Waals surface area contributed by atoms with Crippen molar-refractivity contribution in [2.24, 2.45) is 0 Å². The molecule has 1 aromatic carbocycles. The van der Waals surface area contributed by atoms with E-state index in [2.05, 4.69) is 15.5 Å². The fourth-order valence-electron chi connectivity index (χ4n) is 1.47. The van der Waals surface area contributed by atoms with Crippen molar-refractivity contribution in [1.82, 2.24) is 20.2 Å². The Balaban J connectivity index is 2.54. The van der Waals surface area contributed by atoms with Crippen LogP contribution in [0.3, 0.4) is 0 Å². The minimum absolute atomic E-state index is 0.185. The van der Waals surface area contributed by atoms with Gasteiger partial charge < -0.3 is 5.73 Å². The number of hydrogen-bond donors (Lipinski definition) is 1. The number of nitrogen functional groups attached to an aromatic ring is 1. The van der Waals surface area contributed by atoms with Gasteiger partial charge in [0, 0.05) is 16.3 Å². The van der Waals surface area contributed by atoms with E-state index >= 15 is 0 Å². The van der Waals surface area contributed by atoms with Crippen LogP contribution in [0.25, 0.3) is 11.4 Å². The monoisotopic (exact) mass is 237 g/mol. The molecule has 16 heavy (non-hydrogen) atoms. The first-order valence-electron chi connectivity index (χ1n) is 4.92. The van der Waals surface area contributed by atoms with Crippen LogP contribution in [0.2, 0.25) is 5.02 Å². The predicted molar refractivity (Wildman–Crippen MR) is 63.1 cm³/mol. The fraction of sp³-hybridized carbons (Fsp3) is 0.300. The zero-order chi connectivity index (χ0) is 11.7. The average Bonchev–Trinajstić information content (AvgIpc) is 2.63. The molecular weight excluding hydrogens is 226 g/mol. The lowest BCUT2D eigenvalue weighted by atomic mass is 10.2. The number of tetrazole rings is 1. The van der Waals surface area contributed by atoms with Gasteiger partial charge in [-0.15, -0.1) is 5.10 Å². The Kier molecular flexibility index (Phi) is 2.78. The number of hydrogen-bond acceptors (Lipinski definition) is 4. The number of halogens is 1. The Bertz CT molecular complexity index is 485. The second-order valence-electron chi connectivity index (χ2n) is 3.81. The third-order valence-electron chi connectivity index (χ3n) is 2.16. The number of anilines is 1. The van der Waals surface area contributed by atoms with E-state index in [-0.39, 0.29) is 6.04 Å². The van der Waals surface area contributed by atoms with Gasteiger partial charge in [0.1, 0.15) is 0 Å². The van der Waals surface area contributed by atoms with Gasteiger partial charge in [0.25, 0.3) is 0 Å². The number of nitrogens with two attached hydrogens (primary N) is 1. The van der Waals surface area contributed by atoms with Crippen molar-refractivity contribution < 1.29 is 0 Å². The van der Waals surface area contributed by atoms with Gasteiger partial charge in [-0.25, -0.2) is 4.68 Å². The molecular formula is C10H12ClN5. The Morgan fingerprint density at radius 1 is 1.31 bits per heavy atom. The molecule has 0 fully saturated rings. The van der Waals surface area contributed by atoms with Crippen molar-refractivity contribution in [3.05, 3.63) is 23.2 Å². The lowest BCUT2D eigenvalue weighted by Gasteiger charge is -2.08. The summed E-state index contributed by atoms with van der Waals surface area (Å²) in [7, 11) is 0. The summed E-state index contributed by atoms with van der Waals surface area (Å²) < 4.78 is 1.73. The smallest absolute Gasteiger partial charge is 0.182 e. The summed E-state index contributed by atoms with van der Waals surface area (Å²) >= 11 is 5.94.